The van der Waals surface area contributed by atoms with Gasteiger partial charge in [-0.15, -0.1) is 11.3 Å². The van der Waals surface area contributed by atoms with Crippen LogP contribution < -0.4 is 10.2 Å². The highest BCUT2D eigenvalue weighted by Crippen LogP contribution is 2.35. The molecule has 134 valence electrons. The van der Waals surface area contributed by atoms with Crippen molar-refractivity contribution >= 4 is 40.1 Å². The minimum Gasteiger partial charge on any atom is -0.350 e. The van der Waals surface area contributed by atoms with E-state index in [0.29, 0.717) is 10.6 Å². The molecule has 0 saturated carbocycles. The number of rotatable bonds is 4. The molecule has 0 radical (unpaired) electrons. The number of anilines is 2. The lowest BCUT2D eigenvalue weighted by Crippen LogP contribution is -2.32. The van der Waals surface area contributed by atoms with Gasteiger partial charge in [0.05, 0.1) is 11.3 Å². The number of imide groups is 1. The quantitative estimate of drug-likeness (QED) is 0.680. The van der Waals surface area contributed by atoms with E-state index in [4.69, 9.17) is 0 Å². The Labute approximate surface area is 157 Å². The number of thiophene rings is 1. The molecule has 0 atom stereocenters. The molecule has 0 unspecified atom stereocenters. The number of nitrogens with zero attached hydrogens (tertiary/aromatic N) is 1. The summed E-state index contributed by atoms with van der Waals surface area (Å²) in [7, 11) is 0. The number of amides is 2. The number of halogens is 2. The lowest BCUT2D eigenvalue weighted by atomic mass is 10.2. The first-order valence-corrected chi connectivity index (χ1v) is 8.87. The Morgan fingerprint density at radius 1 is 0.852 bits per heavy atom. The average molecular weight is 382 g/mol. The largest absolute Gasteiger partial charge is 0.350 e. The summed E-state index contributed by atoms with van der Waals surface area (Å²) in [6.45, 7) is 0. The molecule has 3 aromatic rings. The molecule has 2 amide bonds. The van der Waals surface area contributed by atoms with Crippen molar-refractivity contribution < 1.29 is 18.4 Å². The normalized spacial score (nSPS) is 14.2. The number of benzene rings is 2. The van der Waals surface area contributed by atoms with E-state index in [0.717, 1.165) is 11.0 Å². The maximum Gasteiger partial charge on any atom is 0.282 e. The fraction of sp³-hybridized carbons (Fsp3) is 0. The zero-order valence-electron chi connectivity index (χ0n) is 13.8. The van der Waals surface area contributed by atoms with Gasteiger partial charge in [0.25, 0.3) is 11.8 Å². The summed E-state index contributed by atoms with van der Waals surface area (Å²) in [5.74, 6) is -2.22. The maximum absolute atomic E-state index is 13.6. The van der Waals surface area contributed by atoms with Gasteiger partial charge in [-0.1, -0.05) is 18.2 Å². The van der Waals surface area contributed by atoms with Gasteiger partial charge in [-0.25, -0.2) is 13.7 Å². The van der Waals surface area contributed by atoms with Crippen LogP contribution in [0.25, 0.3) is 5.57 Å². The third-order valence-electron chi connectivity index (χ3n) is 4.01. The van der Waals surface area contributed by atoms with Gasteiger partial charge in [0.2, 0.25) is 0 Å². The molecular formula is C20H12F2N2O2S. The van der Waals surface area contributed by atoms with E-state index in [1.54, 1.807) is 23.6 Å². The highest BCUT2D eigenvalue weighted by Gasteiger charge is 2.40. The molecule has 0 fully saturated rings. The lowest BCUT2D eigenvalue weighted by Gasteiger charge is -2.15. The smallest absolute Gasteiger partial charge is 0.282 e. The first-order valence-electron chi connectivity index (χ1n) is 7.99. The third-order valence-corrected chi connectivity index (χ3v) is 4.90. The summed E-state index contributed by atoms with van der Waals surface area (Å²) in [6, 6.07) is 14.3. The van der Waals surface area contributed by atoms with Crippen LogP contribution in [0.3, 0.4) is 0 Å². The summed E-state index contributed by atoms with van der Waals surface area (Å²) in [4.78, 5) is 27.5. The van der Waals surface area contributed by atoms with Crippen molar-refractivity contribution in [3.8, 4) is 0 Å². The standard InChI is InChI=1S/C20H12F2N2O2S/c21-12-4-1-6-14(10-12)23-18-17(16-8-3-9-27-16)19(25)24(20(18)26)15-7-2-5-13(22)11-15/h1-11,23H. The molecule has 0 bridgehead atoms. The van der Waals surface area contributed by atoms with Crippen LogP contribution in [-0.4, -0.2) is 11.8 Å². The van der Waals surface area contributed by atoms with Crippen molar-refractivity contribution in [1.82, 2.24) is 0 Å². The van der Waals surface area contributed by atoms with Gasteiger partial charge in [-0.05, 0) is 47.8 Å². The molecule has 27 heavy (non-hydrogen) atoms. The SMILES string of the molecule is O=C1C(Nc2cccc(F)c2)=C(c2cccs2)C(=O)N1c1cccc(F)c1. The lowest BCUT2D eigenvalue weighted by molar-refractivity contribution is -0.120. The van der Waals surface area contributed by atoms with Crippen molar-refractivity contribution in [3.63, 3.8) is 0 Å². The Kier molecular flexibility index (Phi) is 4.29. The molecular weight excluding hydrogens is 370 g/mol. The third kappa shape index (κ3) is 3.13. The number of nitrogens with one attached hydrogen (secondary N) is 1. The fourth-order valence-electron chi connectivity index (χ4n) is 2.86. The van der Waals surface area contributed by atoms with E-state index >= 15 is 0 Å². The van der Waals surface area contributed by atoms with Crippen LogP contribution in [0.2, 0.25) is 0 Å². The monoisotopic (exact) mass is 382 g/mol. The second-order valence-electron chi connectivity index (χ2n) is 5.79. The van der Waals surface area contributed by atoms with Gasteiger partial charge in [-0.2, -0.15) is 0 Å². The van der Waals surface area contributed by atoms with E-state index in [2.05, 4.69) is 5.32 Å². The molecule has 4 rings (SSSR count). The molecule has 2 heterocycles. The molecule has 4 nitrogen and oxygen atoms in total. The Morgan fingerprint density at radius 2 is 1.59 bits per heavy atom. The number of carbonyl (C=O) groups is 2. The maximum atomic E-state index is 13.6. The molecule has 2 aromatic carbocycles. The average Bonchev–Trinajstić information content (AvgIpc) is 3.22. The van der Waals surface area contributed by atoms with Crippen molar-refractivity contribution in [3.05, 3.63) is 88.3 Å². The molecule has 0 saturated heterocycles. The van der Waals surface area contributed by atoms with Gasteiger partial charge >= 0.3 is 0 Å². The molecule has 0 aliphatic carbocycles. The molecule has 1 aliphatic rings. The topological polar surface area (TPSA) is 49.4 Å². The summed E-state index contributed by atoms with van der Waals surface area (Å²) in [5, 5.41) is 4.64. The second-order valence-corrected chi connectivity index (χ2v) is 6.74. The van der Waals surface area contributed by atoms with Crippen LogP contribution >= 0.6 is 11.3 Å². The summed E-state index contributed by atoms with van der Waals surface area (Å²) in [6.07, 6.45) is 0. The van der Waals surface area contributed by atoms with Crippen LogP contribution in [0.1, 0.15) is 4.88 Å². The van der Waals surface area contributed by atoms with Gasteiger partial charge in [0.1, 0.15) is 17.3 Å². The Morgan fingerprint density at radius 3 is 2.26 bits per heavy atom. The zero-order valence-corrected chi connectivity index (χ0v) is 14.6. The molecule has 1 aromatic heterocycles. The molecule has 1 N–H and O–H groups in total. The molecule has 1 aliphatic heterocycles. The summed E-state index contributed by atoms with van der Waals surface area (Å²) in [5.41, 5.74) is 0.664. The number of carbonyl (C=O) groups excluding carboxylic acids is 2. The molecule has 0 spiro atoms. The highest BCUT2D eigenvalue weighted by molar-refractivity contribution is 7.11. The summed E-state index contributed by atoms with van der Waals surface area (Å²) >= 11 is 1.30. The van der Waals surface area contributed by atoms with Crippen molar-refractivity contribution in [2.24, 2.45) is 0 Å². The predicted molar refractivity (Wildman–Crippen MR) is 100 cm³/mol. The minimum atomic E-state index is -0.627. The Balaban J connectivity index is 1.81. The van der Waals surface area contributed by atoms with E-state index in [9.17, 15) is 18.4 Å². The van der Waals surface area contributed by atoms with E-state index in [1.165, 1.54) is 47.7 Å². The predicted octanol–water partition coefficient (Wildman–Crippen LogP) is 4.42. The van der Waals surface area contributed by atoms with Gasteiger partial charge < -0.3 is 5.32 Å². The fourth-order valence-corrected chi connectivity index (χ4v) is 3.62. The first-order chi connectivity index (χ1) is 13.0. The van der Waals surface area contributed by atoms with Crippen molar-refractivity contribution in [1.29, 1.82) is 0 Å². The van der Waals surface area contributed by atoms with Crippen LogP contribution in [0.15, 0.2) is 71.7 Å². The van der Waals surface area contributed by atoms with Gasteiger partial charge in [0.15, 0.2) is 0 Å². The van der Waals surface area contributed by atoms with Crippen LogP contribution in [-0.2, 0) is 9.59 Å². The Hall–Kier alpha value is -3.32. The van der Waals surface area contributed by atoms with Crippen molar-refractivity contribution in [2.45, 2.75) is 0 Å². The van der Waals surface area contributed by atoms with Crippen LogP contribution in [0, 0.1) is 11.6 Å². The van der Waals surface area contributed by atoms with Crippen LogP contribution in [0.4, 0.5) is 20.2 Å². The van der Waals surface area contributed by atoms with Crippen molar-refractivity contribution in [2.75, 3.05) is 10.2 Å². The zero-order chi connectivity index (χ0) is 19.0. The number of hydrogen-bond donors (Lipinski definition) is 1. The van der Waals surface area contributed by atoms with E-state index in [1.807, 2.05) is 0 Å². The summed E-state index contributed by atoms with van der Waals surface area (Å²) < 4.78 is 27.1. The Bertz CT molecular complexity index is 1080. The highest BCUT2D eigenvalue weighted by atomic mass is 32.1. The molecule has 7 heteroatoms. The van der Waals surface area contributed by atoms with Gasteiger partial charge in [0, 0.05) is 10.6 Å². The van der Waals surface area contributed by atoms with E-state index in [-0.39, 0.29) is 17.0 Å². The minimum absolute atomic E-state index is 0.0253. The second kappa shape index (κ2) is 6.77. The van der Waals surface area contributed by atoms with E-state index < -0.39 is 23.4 Å². The first kappa shape index (κ1) is 17.1. The van der Waals surface area contributed by atoms with Crippen LogP contribution in [0.5, 0.6) is 0 Å². The van der Waals surface area contributed by atoms with Gasteiger partial charge in [-0.3, -0.25) is 9.59 Å². The number of hydrogen-bond acceptors (Lipinski definition) is 4.